The molecule has 9 heteroatoms. The van der Waals surface area contributed by atoms with E-state index in [-0.39, 0.29) is 23.1 Å². The predicted octanol–water partition coefficient (Wildman–Crippen LogP) is 4.23. The lowest BCUT2D eigenvalue weighted by Crippen LogP contribution is -2.38. The van der Waals surface area contributed by atoms with Gasteiger partial charge in [0.15, 0.2) is 5.65 Å². The Hall–Kier alpha value is -3.10. The van der Waals surface area contributed by atoms with E-state index in [0.717, 1.165) is 23.1 Å². The summed E-state index contributed by atoms with van der Waals surface area (Å²) in [6.45, 7) is 3.93. The molecule has 2 aromatic heterocycles. The molecule has 30 heavy (non-hydrogen) atoms. The first kappa shape index (κ1) is 20.2. The zero-order valence-electron chi connectivity index (χ0n) is 16.8. The van der Waals surface area contributed by atoms with Crippen LogP contribution in [0.25, 0.3) is 22.3 Å². The largest absolute Gasteiger partial charge is 0.507 e. The molecular weight excluding hydrogens is 397 g/mol. The molecule has 3 heterocycles. The number of nitrogens with zero attached hydrogens (tertiary/aromatic N) is 4. The van der Waals surface area contributed by atoms with Gasteiger partial charge in [-0.05, 0) is 49.6 Å². The molecular formula is C21H21F3N4O2. The average molecular weight is 418 g/mol. The molecule has 158 valence electrons. The number of rotatable bonds is 2. The quantitative estimate of drug-likeness (QED) is 0.676. The first-order chi connectivity index (χ1) is 14.0. The number of hydrogen-bond donors (Lipinski definition) is 1. The number of alkyl halides is 3. The highest BCUT2D eigenvalue weighted by atomic mass is 19.4. The van der Waals surface area contributed by atoms with E-state index >= 15 is 0 Å². The minimum absolute atomic E-state index is 0.0333. The summed E-state index contributed by atoms with van der Waals surface area (Å²) in [7, 11) is 1.76. The van der Waals surface area contributed by atoms with E-state index in [1.165, 1.54) is 6.92 Å². The fourth-order valence-electron chi connectivity index (χ4n) is 3.96. The highest BCUT2D eigenvalue weighted by Crippen LogP contribution is 2.39. The third-order valence-corrected chi connectivity index (χ3v) is 5.59. The van der Waals surface area contributed by atoms with E-state index in [9.17, 15) is 23.1 Å². The molecule has 0 unspecified atom stereocenters. The first-order valence-electron chi connectivity index (χ1n) is 9.56. The molecule has 1 N–H and O–H groups in total. The summed E-state index contributed by atoms with van der Waals surface area (Å²) in [6.07, 6.45) is -1.52. The van der Waals surface area contributed by atoms with Gasteiger partial charge in [0.25, 0.3) is 0 Å². The molecule has 0 aliphatic carbocycles. The van der Waals surface area contributed by atoms with E-state index in [4.69, 9.17) is 0 Å². The third-order valence-electron chi connectivity index (χ3n) is 5.59. The SMILES string of the molecule is Cc1cc(C(F)(F)F)cc(O)c1-c1cc(C)c2cn([C@H]3CCC(=O)N(C)C3)nc2n1. The fourth-order valence-corrected chi connectivity index (χ4v) is 3.96. The summed E-state index contributed by atoms with van der Waals surface area (Å²) in [4.78, 5) is 17.9. The van der Waals surface area contributed by atoms with Gasteiger partial charge in [0.2, 0.25) is 5.91 Å². The van der Waals surface area contributed by atoms with Crippen molar-refractivity contribution in [2.45, 2.75) is 38.9 Å². The smallest absolute Gasteiger partial charge is 0.416 e. The maximum Gasteiger partial charge on any atom is 0.416 e. The van der Waals surface area contributed by atoms with Crippen LogP contribution in [0.2, 0.25) is 0 Å². The van der Waals surface area contributed by atoms with Crippen molar-refractivity contribution in [1.29, 1.82) is 0 Å². The van der Waals surface area contributed by atoms with Crippen molar-refractivity contribution in [2.24, 2.45) is 0 Å². The maximum atomic E-state index is 13.0. The van der Waals surface area contributed by atoms with Crippen molar-refractivity contribution in [2.75, 3.05) is 13.6 Å². The second-order valence-corrected chi connectivity index (χ2v) is 7.82. The number of halogens is 3. The standard InChI is InChI=1S/C21H21F3N4O2/c1-11-7-16(19-12(2)6-13(8-17(19)29)21(22,23)24)25-20-15(11)10-28(26-20)14-4-5-18(30)27(3)9-14/h6-8,10,14,29H,4-5,9H2,1-3H3/t14-/m0/s1. The highest BCUT2D eigenvalue weighted by Gasteiger charge is 2.32. The number of phenolic OH excluding ortho intramolecular Hbond substituents is 1. The second-order valence-electron chi connectivity index (χ2n) is 7.82. The van der Waals surface area contributed by atoms with Crippen molar-refractivity contribution in [3.63, 3.8) is 0 Å². The van der Waals surface area contributed by atoms with Crippen LogP contribution in [0.5, 0.6) is 5.75 Å². The monoisotopic (exact) mass is 418 g/mol. The molecule has 1 fully saturated rings. The minimum Gasteiger partial charge on any atom is -0.507 e. The third kappa shape index (κ3) is 3.48. The van der Waals surface area contributed by atoms with E-state index in [0.29, 0.717) is 30.7 Å². The number of pyridine rings is 1. The highest BCUT2D eigenvalue weighted by molar-refractivity contribution is 5.83. The Morgan fingerprint density at radius 1 is 1.17 bits per heavy atom. The number of piperidine rings is 1. The van der Waals surface area contributed by atoms with Gasteiger partial charge in [-0.2, -0.15) is 18.3 Å². The molecule has 1 saturated heterocycles. The molecule has 1 aliphatic rings. The first-order valence-corrected chi connectivity index (χ1v) is 9.56. The average Bonchev–Trinajstić information content (AvgIpc) is 3.07. The number of fused-ring (bicyclic) bond motifs is 1. The number of benzene rings is 1. The number of carbonyl (C=O) groups excluding carboxylic acids is 1. The van der Waals surface area contributed by atoms with Gasteiger partial charge in [0, 0.05) is 37.2 Å². The van der Waals surface area contributed by atoms with Crippen molar-refractivity contribution in [1.82, 2.24) is 19.7 Å². The van der Waals surface area contributed by atoms with Gasteiger partial charge in [-0.15, -0.1) is 0 Å². The molecule has 1 aromatic carbocycles. The molecule has 0 bridgehead atoms. The van der Waals surface area contributed by atoms with Crippen molar-refractivity contribution in [3.8, 4) is 17.0 Å². The Labute approximate surface area is 170 Å². The number of aromatic hydroxyl groups is 1. The summed E-state index contributed by atoms with van der Waals surface area (Å²) in [5.41, 5.74) is 1.29. The van der Waals surface area contributed by atoms with Crippen LogP contribution >= 0.6 is 0 Å². The Morgan fingerprint density at radius 2 is 1.90 bits per heavy atom. The minimum atomic E-state index is -4.54. The lowest BCUT2D eigenvalue weighted by molar-refractivity contribution is -0.137. The van der Waals surface area contributed by atoms with Gasteiger partial charge < -0.3 is 10.0 Å². The number of aryl methyl sites for hydroxylation is 2. The molecule has 0 spiro atoms. The number of carbonyl (C=O) groups is 1. The van der Waals surface area contributed by atoms with Crippen LogP contribution < -0.4 is 0 Å². The summed E-state index contributed by atoms with van der Waals surface area (Å²) in [5.74, 6) is -0.367. The van der Waals surface area contributed by atoms with Gasteiger partial charge in [-0.25, -0.2) is 4.98 Å². The Balaban J connectivity index is 1.76. The number of hydrogen-bond acceptors (Lipinski definition) is 4. The summed E-state index contributed by atoms with van der Waals surface area (Å²) in [5, 5.41) is 15.7. The lowest BCUT2D eigenvalue weighted by atomic mass is 9.99. The Bertz CT molecular complexity index is 1130. The summed E-state index contributed by atoms with van der Waals surface area (Å²) < 4.78 is 40.9. The van der Waals surface area contributed by atoms with Gasteiger partial charge in [0.1, 0.15) is 5.75 Å². The van der Waals surface area contributed by atoms with Gasteiger partial charge in [0.05, 0.1) is 17.3 Å². The topological polar surface area (TPSA) is 71.2 Å². The molecule has 1 atom stereocenters. The Kier molecular flexibility index (Phi) is 4.71. The summed E-state index contributed by atoms with van der Waals surface area (Å²) >= 11 is 0. The fraction of sp³-hybridized carbons (Fsp3) is 0.381. The van der Waals surface area contributed by atoms with Gasteiger partial charge in [-0.1, -0.05) is 0 Å². The van der Waals surface area contributed by atoms with Crippen LogP contribution in [-0.4, -0.2) is 44.3 Å². The summed E-state index contributed by atoms with van der Waals surface area (Å²) in [6, 6.07) is 3.49. The molecule has 4 rings (SSSR count). The molecule has 0 saturated carbocycles. The molecule has 1 aliphatic heterocycles. The number of phenols is 1. The predicted molar refractivity (Wildman–Crippen MR) is 105 cm³/mol. The number of aromatic nitrogens is 3. The second kappa shape index (κ2) is 7.00. The van der Waals surface area contributed by atoms with Crippen LogP contribution in [0.1, 0.15) is 35.6 Å². The van der Waals surface area contributed by atoms with E-state index < -0.39 is 17.5 Å². The Morgan fingerprint density at radius 3 is 2.53 bits per heavy atom. The zero-order chi connectivity index (χ0) is 21.8. The van der Waals surface area contributed by atoms with Gasteiger partial charge >= 0.3 is 6.18 Å². The van der Waals surface area contributed by atoms with Crippen LogP contribution in [-0.2, 0) is 11.0 Å². The van der Waals surface area contributed by atoms with Gasteiger partial charge in [-0.3, -0.25) is 9.48 Å². The number of likely N-dealkylation sites (tertiary alicyclic amines) is 1. The normalized spacial score (nSPS) is 17.7. The zero-order valence-corrected chi connectivity index (χ0v) is 16.8. The molecule has 3 aromatic rings. The molecule has 0 radical (unpaired) electrons. The van der Waals surface area contributed by atoms with E-state index in [2.05, 4.69) is 10.1 Å². The lowest BCUT2D eigenvalue weighted by Gasteiger charge is -2.29. The molecule has 1 amide bonds. The van der Waals surface area contributed by atoms with Crippen molar-refractivity contribution >= 4 is 16.9 Å². The maximum absolute atomic E-state index is 13.0. The van der Waals surface area contributed by atoms with Crippen LogP contribution in [0.15, 0.2) is 24.4 Å². The van der Waals surface area contributed by atoms with Crippen LogP contribution in [0.4, 0.5) is 13.2 Å². The van der Waals surface area contributed by atoms with E-state index in [1.807, 2.05) is 13.1 Å². The van der Waals surface area contributed by atoms with Crippen LogP contribution in [0.3, 0.4) is 0 Å². The van der Waals surface area contributed by atoms with Crippen molar-refractivity contribution in [3.05, 3.63) is 41.1 Å². The van der Waals surface area contributed by atoms with E-state index in [1.54, 1.807) is 22.7 Å². The van der Waals surface area contributed by atoms with Crippen molar-refractivity contribution < 1.29 is 23.1 Å². The number of likely N-dealkylation sites (N-methyl/N-ethyl adjacent to an activating group) is 1. The molecule has 6 nitrogen and oxygen atoms in total. The number of amides is 1. The van der Waals surface area contributed by atoms with Crippen LogP contribution in [0, 0.1) is 13.8 Å².